The lowest BCUT2D eigenvalue weighted by Crippen LogP contribution is -2.58. The monoisotopic (exact) mass is 604 g/mol. The van der Waals surface area contributed by atoms with Crippen molar-refractivity contribution in [2.45, 2.75) is 114 Å². The summed E-state index contributed by atoms with van der Waals surface area (Å²) in [5, 5.41) is 81.3. The fraction of sp³-hybridized carbons (Fsp3) is 0.750. The summed E-state index contributed by atoms with van der Waals surface area (Å²) in [4.78, 5) is 36.7. The Hall–Kier alpha value is -3.07. The SMILES string of the molecule is CCCCCCCCCCCCCCC(C(=O)O[C@](O)(CO)[C@H]1OC(=O)C(O)=C1O)[C@](O)(CO)[C@H]1OC(=O)C(O)=C1O. The van der Waals surface area contributed by atoms with E-state index < -0.39 is 83.7 Å². The molecule has 0 saturated carbocycles. The number of carbonyl (C=O) groups excluding carboxylic acids is 3. The zero-order valence-corrected chi connectivity index (χ0v) is 23.9. The summed E-state index contributed by atoms with van der Waals surface area (Å²) in [6.07, 6.45) is 7.34. The van der Waals surface area contributed by atoms with E-state index in [1.165, 1.54) is 32.1 Å². The largest absolute Gasteiger partial charge is 0.505 e. The standard InChI is InChI=1S/C28H44O14/c1-2-3-4-5-6-7-8-9-10-11-12-13-14-17(27(38,15-29)22-18(31)20(33)25(36)40-22)24(35)42-28(39,16-30)23-19(32)21(34)26(37)41-23/h17,22-23,29-34,38-39H,2-16H2,1H3/t17?,22-,23-,27+,28+/m0/s1. The van der Waals surface area contributed by atoms with Crippen molar-refractivity contribution >= 4 is 17.9 Å². The molecular weight excluding hydrogens is 560 g/mol. The van der Waals surface area contributed by atoms with Crippen molar-refractivity contribution in [2.24, 2.45) is 5.92 Å². The van der Waals surface area contributed by atoms with Gasteiger partial charge in [0.1, 0.15) is 12.2 Å². The molecule has 0 aromatic carbocycles. The van der Waals surface area contributed by atoms with E-state index in [9.17, 15) is 55.2 Å². The highest BCUT2D eigenvalue weighted by Crippen LogP contribution is 2.38. The molecule has 0 fully saturated rings. The molecule has 8 N–H and O–H groups in total. The maximum Gasteiger partial charge on any atom is 0.378 e. The number of aliphatic hydroxyl groups is 8. The van der Waals surface area contributed by atoms with Crippen LogP contribution in [0.5, 0.6) is 0 Å². The van der Waals surface area contributed by atoms with E-state index in [0.29, 0.717) is 6.42 Å². The van der Waals surface area contributed by atoms with Gasteiger partial charge in [-0.3, -0.25) is 4.79 Å². The molecule has 240 valence electrons. The van der Waals surface area contributed by atoms with Crippen LogP contribution in [0.2, 0.25) is 0 Å². The summed E-state index contributed by atoms with van der Waals surface area (Å²) in [5.41, 5.74) is -2.78. The maximum atomic E-state index is 13.3. The van der Waals surface area contributed by atoms with Gasteiger partial charge in [0.25, 0.3) is 5.79 Å². The van der Waals surface area contributed by atoms with Crippen LogP contribution < -0.4 is 0 Å². The van der Waals surface area contributed by atoms with Gasteiger partial charge in [-0.1, -0.05) is 84.0 Å². The molecule has 0 amide bonds. The van der Waals surface area contributed by atoms with Crippen LogP contribution in [0.25, 0.3) is 0 Å². The Morgan fingerprint density at radius 1 is 0.738 bits per heavy atom. The van der Waals surface area contributed by atoms with Crippen molar-refractivity contribution in [3.63, 3.8) is 0 Å². The fourth-order valence-corrected chi connectivity index (χ4v) is 5.09. The Morgan fingerprint density at radius 3 is 1.55 bits per heavy atom. The molecule has 14 nitrogen and oxygen atoms in total. The van der Waals surface area contributed by atoms with Crippen LogP contribution in [0, 0.1) is 5.92 Å². The van der Waals surface area contributed by atoms with Gasteiger partial charge in [-0.15, -0.1) is 0 Å². The lowest BCUT2D eigenvalue weighted by Gasteiger charge is -2.38. The summed E-state index contributed by atoms with van der Waals surface area (Å²) in [5.74, 6) is -14.3. The summed E-state index contributed by atoms with van der Waals surface area (Å²) < 4.78 is 14.4. The van der Waals surface area contributed by atoms with E-state index >= 15 is 0 Å². The van der Waals surface area contributed by atoms with Gasteiger partial charge in [0, 0.05) is 0 Å². The van der Waals surface area contributed by atoms with Crippen LogP contribution in [0.3, 0.4) is 0 Å². The molecule has 0 aliphatic carbocycles. The Kier molecular flexibility index (Phi) is 13.3. The van der Waals surface area contributed by atoms with E-state index in [4.69, 9.17) is 9.47 Å². The van der Waals surface area contributed by atoms with Crippen molar-refractivity contribution < 1.29 is 69.4 Å². The number of aliphatic hydroxyl groups excluding tert-OH is 6. The van der Waals surface area contributed by atoms with Crippen LogP contribution in [0.15, 0.2) is 23.0 Å². The second kappa shape index (κ2) is 16.0. The third-order valence-corrected chi connectivity index (χ3v) is 7.67. The molecule has 1 unspecified atom stereocenters. The predicted octanol–water partition coefficient (Wildman–Crippen LogP) is 2.15. The smallest absolute Gasteiger partial charge is 0.378 e. The lowest BCUT2D eigenvalue weighted by atomic mass is 9.79. The first kappa shape index (κ1) is 35.1. The summed E-state index contributed by atoms with van der Waals surface area (Å²) >= 11 is 0. The van der Waals surface area contributed by atoms with Crippen molar-refractivity contribution in [3.05, 3.63) is 23.0 Å². The van der Waals surface area contributed by atoms with E-state index in [-0.39, 0.29) is 12.8 Å². The third-order valence-electron chi connectivity index (χ3n) is 7.67. The van der Waals surface area contributed by atoms with Crippen LogP contribution >= 0.6 is 0 Å². The number of cyclic esters (lactones) is 2. The number of carbonyl (C=O) groups is 3. The van der Waals surface area contributed by atoms with Crippen molar-refractivity contribution in [2.75, 3.05) is 13.2 Å². The van der Waals surface area contributed by atoms with Crippen LogP contribution in [0.4, 0.5) is 0 Å². The number of esters is 3. The summed E-state index contributed by atoms with van der Waals surface area (Å²) in [7, 11) is 0. The molecule has 2 rings (SSSR count). The number of ether oxygens (including phenoxy) is 3. The average Bonchev–Trinajstić information content (AvgIpc) is 3.39. The van der Waals surface area contributed by atoms with Gasteiger partial charge < -0.3 is 55.1 Å². The van der Waals surface area contributed by atoms with Crippen LogP contribution in [-0.4, -0.2) is 95.6 Å². The Bertz CT molecular complexity index is 1010. The molecule has 2 aliphatic rings. The second-order valence-corrected chi connectivity index (χ2v) is 10.8. The first-order chi connectivity index (χ1) is 19.9. The molecule has 42 heavy (non-hydrogen) atoms. The van der Waals surface area contributed by atoms with Gasteiger partial charge in [0.2, 0.25) is 17.6 Å². The molecule has 14 heteroatoms. The minimum atomic E-state index is -3.14. The molecule has 0 spiro atoms. The van der Waals surface area contributed by atoms with Gasteiger partial charge in [-0.25, -0.2) is 9.59 Å². The molecule has 5 atom stereocenters. The number of hydrogen-bond donors (Lipinski definition) is 8. The number of unbranched alkanes of at least 4 members (excludes halogenated alkanes) is 11. The molecule has 2 aliphatic heterocycles. The van der Waals surface area contributed by atoms with Crippen molar-refractivity contribution in [1.29, 1.82) is 0 Å². The normalized spacial score (nSPS) is 22.5. The highest BCUT2D eigenvalue weighted by Gasteiger charge is 2.58. The topological polar surface area (TPSA) is 241 Å². The Balaban J connectivity index is 2.10. The molecule has 2 heterocycles. The van der Waals surface area contributed by atoms with E-state index in [0.717, 1.165) is 32.1 Å². The average molecular weight is 605 g/mol. The van der Waals surface area contributed by atoms with Crippen LogP contribution in [0.1, 0.15) is 90.4 Å². The zero-order valence-electron chi connectivity index (χ0n) is 23.9. The third kappa shape index (κ3) is 8.27. The van der Waals surface area contributed by atoms with Gasteiger partial charge in [0.05, 0.1) is 12.5 Å². The highest BCUT2D eigenvalue weighted by atomic mass is 16.7. The molecule has 0 aromatic heterocycles. The highest BCUT2D eigenvalue weighted by molar-refractivity contribution is 5.90. The minimum Gasteiger partial charge on any atom is -0.505 e. The Labute approximate surface area is 243 Å². The van der Waals surface area contributed by atoms with Gasteiger partial charge in [0.15, 0.2) is 17.6 Å². The quantitative estimate of drug-likeness (QED) is 0.0430. The van der Waals surface area contributed by atoms with Crippen molar-refractivity contribution in [3.8, 4) is 0 Å². The van der Waals surface area contributed by atoms with Gasteiger partial charge in [-0.2, -0.15) is 0 Å². The van der Waals surface area contributed by atoms with Gasteiger partial charge in [-0.05, 0) is 6.42 Å². The number of rotatable bonds is 20. The molecular formula is C28H44O14. The molecule has 0 bridgehead atoms. The molecule has 0 aromatic rings. The molecule has 0 radical (unpaired) electrons. The lowest BCUT2D eigenvalue weighted by molar-refractivity contribution is -0.268. The van der Waals surface area contributed by atoms with E-state index in [1.54, 1.807) is 0 Å². The fourth-order valence-electron chi connectivity index (χ4n) is 5.09. The minimum absolute atomic E-state index is 0.242. The van der Waals surface area contributed by atoms with E-state index in [1.807, 2.05) is 0 Å². The first-order valence-corrected chi connectivity index (χ1v) is 14.4. The zero-order chi connectivity index (χ0) is 31.5. The summed E-state index contributed by atoms with van der Waals surface area (Å²) in [6, 6.07) is 0. The molecule has 0 saturated heterocycles. The van der Waals surface area contributed by atoms with Gasteiger partial charge >= 0.3 is 17.9 Å². The van der Waals surface area contributed by atoms with E-state index in [2.05, 4.69) is 11.7 Å². The second-order valence-electron chi connectivity index (χ2n) is 10.8. The Morgan fingerprint density at radius 2 is 1.17 bits per heavy atom. The summed E-state index contributed by atoms with van der Waals surface area (Å²) in [6.45, 7) is -0.562. The first-order valence-electron chi connectivity index (χ1n) is 14.4. The van der Waals surface area contributed by atoms with Crippen LogP contribution in [-0.2, 0) is 28.6 Å². The number of hydrogen-bond acceptors (Lipinski definition) is 14. The van der Waals surface area contributed by atoms with Crippen molar-refractivity contribution in [1.82, 2.24) is 0 Å². The predicted molar refractivity (Wildman–Crippen MR) is 144 cm³/mol. The maximum absolute atomic E-state index is 13.3.